The maximum Gasteiger partial charge on any atom is 0.0505 e. The molecule has 10 rings (SSSR count). The van der Waals surface area contributed by atoms with Gasteiger partial charge in [-0.25, -0.2) is 0 Å². The Morgan fingerprint density at radius 1 is 0.340 bits per heavy atom. The molecule has 0 saturated carbocycles. The average Bonchev–Trinajstić information content (AvgIpc) is 3.81. The zero-order valence-corrected chi connectivity index (χ0v) is 29.7. The SMILES string of the molecule is c1ccc(-c2ccc(N(c3ccc4ccccc4c3)c3cccc4c3[C@]3(CCc5cccc(N(c6ccccc6)c6ccccc6)c53)CC4)cc2)cc1. The van der Waals surface area contributed by atoms with E-state index in [1.807, 2.05) is 0 Å². The largest absolute Gasteiger partial charge is 0.310 e. The summed E-state index contributed by atoms with van der Waals surface area (Å²) in [5.74, 6) is 0. The number of rotatable bonds is 7. The van der Waals surface area contributed by atoms with Crippen LogP contribution in [0.15, 0.2) is 194 Å². The highest BCUT2D eigenvalue weighted by Crippen LogP contribution is 2.59. The van der Waals surface area contributed by atoms with Gasteiger partial charge in [0.05, 0.1) is 11.4 Å². The molecule has 8 aromatic rings. The Bertz CT molecular complexity index is 2520. The third-order valence-corrected chi connectivity index (χ3v) is 11.6. The molecule has 0 heterocycles. The third kappa shape index (κ3) is 5.33. The second-order valence-corrected chi connectivity index (χ2v) is 14.5. The molecular formula is C51H40N2. The van der Waals surface area contributed by atoms with Crippen LogP contribution in [0.5, 0.6) is 0 Å². The minimum absolute atomic E-state index is 0.126. The summed E-state index contributed by atoms with van der Waals surface area (Å²) >= 11 is 0. The predicted molar refractivity (Wildman–Crippen MR) is 223 cm³/mol. The van der Waals surface area contributed by atoms with Gasteiger partial charge >= 0.3 is 0 Å². The molecule has 0 saturated heterocycles. The van der Waals surface area contributed by atoms with Gasteiger partial charge in [-0.2, -0.15) is 0 Å². The van der Waals surface area contributed by atoms with Crippen molar-refractivity contribution in [3.05, 3.63) is 216 Å². The van der Waals surface area contributed by atoms with Gasteiger partial charge in [0, 0.05) is 28.2 Å². The first-order valence-electron chi connectivity index (χ1n) is 18.9. The summed E-state index contributed by atoms with van der Waals surface area (Å²) in [6.45, 7) is 0. The molecular weight excluding hydrogens is 641 g/mol. The van der Waals surface area contributed by atoms with Gasteiger partial charge in [0.1, 0.15) is 0 Å². The molecule has 1 spiro atoms. The molecule has 0 amide bonds. The summed E-state index contributed by atoms with van der Waals surface area (Å²) in [7, 11) is 0. The van der Waals surface area contributed by atoms with E-state index in [0.717, 1.165) is 31.4 Å². The standard InChI is InChI=1S/C51H40N2/c1-4-14-37(15-5-1)39-26-29-45(30-27-39)53(46-31-28-38-16-10-11-17-42(38)36-46)48-25-13-19-41-33-35-51(50(41)48)34-32-40-18-12-24-47(49(40)51)52(43-20-6-2-7-21-43)44-22-8-3-9-23-44/h1-31,36H,32-35H2/t51-/m1/s1. The maximum atomic E-state index is 2.53. The van der Waals surface area contributed by atoms with E-state index in [1.165, 1.54) is 72.6 Å². The van der Waals surface area contributed by atoms with E-state index in [0.29, 0.717) is 0 Å². The smallest absolute Gasteiger partial charge is 0.0505 e. The van der Waals surface area contributed by atoms with E-state index in [4.69, 9.17) is 0 Å². The molecule has 2 aliphatic carbocycles. The second-order valence-electron chi connectivity index (χ2n) is 14.5. The Labute approximate surface area is 312 Å². The summed E-state index contributed by atoms with van der Waals surface area (Å²) in [6, 6.07) is 71.3. The first-order chi connectivity index (χ1) is 26.3. The lowest BCUT2D eigenvalue weighted by Crippen LogP contribution is -2.27. The fourth-order valence-corrected chi connectivity index (χ4v) is 9.27. The van der Waals surface area contributed by atoms with E-state index >= 15 is 0 Å². The van der Waals surface area contributed by atoms with Crippen molar-refractivity contribution in [2.24, 2.45) is 0 Å². The summed E-state index contributed by atoms with van der Waals surface area (Å²) in [4.78, 5) is 5.01. The Morgan fingerprint density at radius 2 is 0.792 bits per heavy atom. The Balaban J connectivity index is 1.19. The van der Waals surface area contributed by atoms with Crippen molar-refractivity contribution in [1.29, 1.82) is 0 Å². The van der Waals surface area contributed by atoms with E-state index in [-0.39, 0.29) is 5.41 Å². The average molecular weight is 681 g/mol. The number of para-hydroxylation sites is 2. The lowest BCUT2D eigenvalue weighted by molar-refractivity contribution is 0.508. The number of aryl methyl sites for hydroxylation is 2. The fraction of sp³-hybridized carbons (Fsp3) is 0.0980. The van der Waals surface area contributed by atoms with Crippen molar-refractivity contribution in [2.75, 3.05) is 9.80 Å². The van der Waals surface area contributed by atoms with Gasteiger partial charge in [0.15, 0.2) is 0 Å². The first kappa shape index (κ1) is 31.4. The summed E-state index contributed by atoms with van der Waals surface area (Å²) in [6.07, 6.45) is 4.32. The molecule has 53 heavy (non-hydrogen) atoms. The van der Waals surface area contributed by atoms with Crippen LogP contribution < -0.4 is 9.80 Å². The Kier molecular flexibility index (Phi) is 7.69. The molecule has 2 nitrogen and oxygen atoms in total. The fourth-order valence-electron chi connectivity index (χ4n) is 9.27. The topological polar surface area (TPSA) is 6.48 Å². The number of hydrogen-bond donors (Lipinski definition) is 0. The minimum Gasteiger partial charge on any atom is -0.310 e. The second kappa shape index (κ2) is 13.0. The quantitative estimate of drug-likeness (QED) is 0.165. The lowest BCUT2D eigenvalue weighted by Gasteiger charge is -2.37. The maximum absolute atomic E-state index is 2.53. The van der Waals surface area contributed by atoms with Crippen LogP contribution >= 0.6 is 0 Å². The number of fused-ring (bicyclic) bond motifs is 5. The van der Waals surface area contributed by atoms with Crippen molar-refractivity contribution in [3.8, 4) is 11.1 Å². The third-order valence-electron chi connectivity index (χ3n) is 11.6. The van der Waals surface area contributed by atoms with Gasteiger partial charge in [-0.15, -0.1) is 0 Å². The highest BCUT2D eigenvalue weighted by Gasteiger charge is 2.49. The van der Waals surface area contributed by atoms with Crippen LogP contribution in [0, 0.1) is 0 Å². The molecule has 2 aliphatic rings. The van der Waals surface area contributed by atoms with Crippen LogP contribution in [0.25, 0.3) is 21.9 Å². The monoisotopic (exact) mass is 680 g/mol. The first-order valence-corrected chi connectivity index (χ1v) is 18.9. The van der Waals surface area contributed by atoms with Crippen molar-refractivity contribution in [3.63, 3.8) is 0 Å². The number of anilines is 6. The van der Waals surface area contributed by atoms with Crippen LogP contribution in [0.4, 0.5) is 34.1 Å². The van der Waals surface area contributed by atoms with Crippen molar-refractivity contribution in [2.45, 2.75) is 31.1 Å². The van der Waals surface area contributed by atoms with Gasteiger partial charge in [0.25, 0.3) is 0 Å². The molecule has 0 aliphatic heterocycles. The van der Waals surface area contributed by atoms with Gasteiger partial charge in [0.2, 0.25) is 0 Å². The van der Waals surface area contributed by atoms with Crippen molar-refractivity contribution >= 4 is 44.9 Å². The zero-order valence-electron chi connectivity index (χ0n) is 29.7. The lowest BCUT2D eigenvalue weighted by atomic mass is 9.74. The molecule has 0 bridgehead atoms. The highest BCUT2D eigenvalue weighted by molar-refractivity contribution is 5.91. The molecule has 1 atom stereocenters. The highest BCUT2D eigenvalue weighted by atomic mass is 15.2. The summed E-state index contributed by atoms with van der Waals surface area (Å²) in [5, 5.41) is 2.50. The molecule has 0 aromatic heterocycles. The Hall–Kier alpha value is -6.38. The van der Waals surface area contributed by atoms with Crippen LogP contribution in [0.2, 0.25) is 0 Å². The van der Waals surface area contributed by atoms with E-state index < -0.39 is 0 Å². The number of benzene rings is 8. The molecule has 8 aromatic carbocycles. The molecule has 0 radical (unpaired) electrons. The van der Waals surface area contributed by atoms with Gasteiger partial charge in [-0.3, -0.25) is 0 Å². The molecule has 0 N–H and O–H groups in total. The van der Waals surface area contributed by atoms with E-state index in [9.17, 15) is 0 Å². The molecule has 2 heteroatoms. The zero-order chi connectivity index (χ0) is 35.2. The van der Waals surface area contributed by atoms with Crippen LogP contribution in [0.1, 0.15) is 35.1 Å². The van der Waals surface area contributed by atoms with Gasteiger partial charge in [-0.05, 0) is 131 Å². The minimum atomic E-state index is -0.126. The van der Waals surface area contributed by atoms with E-state index in [2.05, 4.69) is 204 Å². The number of nitrogens with zero attached hydrogens (tertiary/aromatic N) is 2. The van der Waals surface area contributed by atoms with Gasteiger partial charge < -0.3 is 9.80 Å². The van der Waals surface area contributed by atoms with E-state index in [1.54, 1.807) is 0 Å². The van der Waals surface area contributed by atoms with Crippen LogP contribution in [-0.4, -0.2) is 0 Å². The summed E-state index contributed by atoms with van der Waals surface area (Å²) in [5.41, 5.74) is 15.5. The Morgan fingerprint density at radius 3 is 1.38 bits per heavy atom. The summed E-state index contributed by atoms with van der Waals surface area (Å²) < 4.78 is 0. The van der Waals surface area contributed by atoms with Gasteiger partial charge in [-0.1, -0.05) is 133 Å². The number of hydrogen-bond acceptors (Lipinski definition) is 2. The van der Waals surface area contributed by atoms with Crippen LogP contribution in [-0.2, 0) is 18.3 Å². The van der Waals surface area contributed by atoms with Crippen LogP contribution in [0.3, 0.4) is 0 Å². The molecule has 254 valence electrons. The van der Waals surface area contributed by atoms with Crippen molar-refractivity contribution in [1.82, 2.24) is 0 Å². The molecule has 0 fully saturated rings. The van der Waals surface area contributed by atoms with Crippen molar-refractivity contribution < 1.29 is 0 Å². The molecule has 0 unspecified atom stereocenters. The normalized spacial score (nSPS) is 15.7. The predicted octanol–water partition coefficient (Wildman–Crippen LogP) is 13.6.